The molecule has 2 atom stereocenters. The number of rotatable bonds is 3. The first kappa shape index (κ1) is 18.8. The number of hydrogen-bond donors (Lipinski definition) is 0. The number of carbonyl (C=O) groups excluding carboxylic acids is 2. The average Bonchev–Trinajstić information content (AvgIpc) is 2.79. The second-order valence-electron chi connectivity index (χ2n) is 8.09. The van der Waals surface area contributed by atoms with Crippen LogP contribution in [0, 0.1) is 12.8 Å². The standard InChI is InChI=1S/C19H28N4O3/c1-11-9-23(10-19(4,5)26-11)15(24)8-7-14-12(2)16-13(3)21-22(6)17(16)20-18(14)25/h11,14H,7-10H2,1-6H3. The molecule has 1 aromatic rings. The first-order valence-electron chi connectivity index (χ1n) is 9.17. The van der Waals surface area contributed by atoms with Crippen LogP contribution >= 0.6 is 0 Å². The molecule has 0 aliphatic carbocycles. The number of hydrogen-bond acceptors (Lipinski definition) is 4. The van der Waals surface area contributed by atoms with Crippen LogP contribution in [-0.4, -0.2) is 51.3 Å². The van der Waals surface area contributed by atoms with Crippen LogP contribution in [-0.2, 0) is 21.4 Å². The third-order valence-electron chi connectivity index (χ3n) is 5.19. The zero-order valence-electron chi connectivity index (χ0n) is 16.5. The highest BCUT2D eigenvalue weighted by Gasteiger charge is 2.34. The highest BCUT2D eigenvalue weighted by molar-refractivity contribution is 5.90. The molecule has 0 saturated carbocycles. The number of aryl methyl sites for hydroxylation is 2. The van der Waals surface area contributed by atoms with E-state index in [1.54, 1.807) is 11.7 Å². The Hall–Kier alpha value is -2.02. The zero-order valence-corrected chi connectivity index (χ0v) is 16.5. The third-order valence-corrected chi connectivity index (χ3v) is 5.19. The predicted octanol–water partition coefficient (Wildman–Crippen LogP) is 0.481. The lowest BCUT2D eigenvalue weighted by Crippen LogP contribution is -2.53. The van der Waals surface area contributed by atoms with Crippen molar-refractivity contribution in [1.82, 2.24) is 14.7 Å². The van der Waals surface area contributed by atoms with Crippen molar-refractivity contribution in [1.29, 1.82) is 0 Å². The van der Waals surface area contributed by atoms with Gasteiger partial charge < -0.3 is 9.64 Å². The molecule has 2 unspecified atom stereocenters. The number of morpholine rings is 1. The summed E-state index contributed by atoms with van der Waals surface area (Å²) in [5, 5.41) is 5.32. The Balaban J connectivity index is 1.75. The van der Waals surface area contributed by atoms with Gasteiger partial charge in [-0.1, -0.05) is 0 Å². The van der Waals surface area contributed by atoms with Crippen molar-refractivity contribution in [3.63, 3.8) is 0 Å². The maximum Gasteiger partial charge on any atom is 0.254 e. The summed E-state index contributed by atoms with van der Waals surface area (Å²) in [6.45, 7) is 11.0. The van der Waals surface area contributed by atoms with Crippen molar-refractivity contribution in [2.75, 3.05) is 13.1 Å². The summed E-state index contributed by atoms with van der Waals surface area (Å²) < 4.78 is 7.50. The van der Waals surface area contributed by atoms with Crippen LogP contribution in [0.5, 0.6) is 0 Å². The molecule has 0 aromatic carbocycles. The fourth-order valence-electron chi connectivity index (χ4n) is 4.19. The number of fused-ring (bicyclic) bond motifs is 1. The highest BCUT2D eigenvalue weighted by Crippen LogP contribution is 2.24. The summed E-state index contributed by atoms with van der Waals surface area (Å²) in [5.41, 5.74) is 2.12. The summed E-state index contributed by atoms with van der Waals surface area (Å²) in [5.74, 6) is -0.454. The van der Waals surface area contributed by atoms with Gasteiger partial charge in [-0.25, -0.2) is 0 Å². The third kappa shape index (κ3) is 3.45. The molecule has 0 N–H and O–H groups in total. The van der Waals surface area contributed by atoms with E-state index in [0.717, 1.165) is 16.5 Å². The van der Waals surface area contributed by atoms with E-state index in [1.165, 1.54) is 0 Å². The Morgan fingerprint density at radius 2 is 2.04 bits per heavy atom. The van der Waals surface area contributed by atoms with E-state index in [1.807, 2.05) is 39.5 Å². The Kier molecular flexibility index (Phi) is 4.77. The van der Waals surface area contributed by atoms with E-state index in [4.69, 9.17) is 4.74 Å². The molecule has 7 nitrogen and oxygen atoms in total. The fraction of sp³-hybridized carbons (Fsp3) is 0.684. The van der Waals surface area contributed by atoms with Crippen molar-refractivity contribution in [3.05, 3.63) is 16.4 Å². The van der Waals surface area contributed by atoms with Crippen LogP contribution < -0.4 is 10.7 Å². The summed E-state index contributed by atoms with van der Waals surface area (Å²) in [4.78, 5) is 31.3. The van der Waals surface area contributed by atoms with Crippen molar-refractivity contribution >= 4 is 17.4 Å². The van der Waals surface area contributed by atoms with Gasteiger partial charge in [0.15, 0.2) is 5.49 Å². The van der Waals surface area contributed by atoms with E-state index < -0.39 is 0 Å². The number of amides is 2. The van der Waals surface area contributed by atoms with E-state index in [2.05, 4.69) is 10.1 Å². The van der Waals surface area contributed by atoms with Crippen LogP contribution in [0.4, 0.5) is 0 Å². The minimum atomic E-state index is -0.346. The number of carbonyl (C=O) groups is 2. The Labute approximate surface area is 153 Å². The lowest BCUT2D eigenvalue weighted by atomic mass is 9.91. The van der Waals surface area contributed by atoms with Gasteiger partial charge in [0, 0.05) is 31.8 Å². The van der Waals surface area contributed by atoms with Gasteiger partial charge in [0.2, 0.25) is 5.91 Å². The minimum Gasteiger partial charge on any atom is -0.369 e. The average molecular weight is 360 g/mol. The van der Waals surface area contributed by atoms with Crippen LogP contribution in [0.1, 0.15) is 46.2 Å². The van der Waals surface area contributed by atoms with Crippen molar-refractivity contribution < 1.29 is 14.3 Å². The molecule has 0 spiro atoms. The first-order chi connectivity index (χ1) is 12.1. The molecule has 26 heavy (non-hydrogen) atoms. The Bertz CT molecular complexity index is 868. The van der Waals surface area contributed by atoms with E-state index in [0.29, 0.717) is 31.4 Å². The molecule has 1 saturated heterocycles. The monoisotopic (exact) mass is 360 g/mol. The van der Waals surface area contributed by atoms with Crippen LogP contribution in [0.25, 0.3) is 5.57 Å². The van der Waals surface area contributed by atoms with Gasteiger partial charge in [-0.2, -0.15) is 10.1 Å². The molecule has 0 radical (unpaired) electrons. The van der Waals surface area contributed by atoms with Crippen LogP contribution in [0.15, 0.2) is 4.99 Å². The maximum atomic E-state index is 12.7. The molecule has 0 bridgehead atoms. The SMILES string of the molecule is CC1=c2c(C)nn(C)c2=NC(=O)C1CCC(=O)N1CC(C)OC(C)(C)C1. The smallest absolute Gasteiger partial charge is 0.254 e. The normalized spacial score (nSPS) is 25.1. The molecular formula is C19H28N4O3. The highest BCUT2D eigenvalue weighted by atomic mass is 16.5. The molecule has 3 heterocycles. The maximum absolute atomic E-state index is 12.7. The van der Waals surface area contributed by atoms with Gasteiger partial charge >= 0.3 is 0 Å². The fourth-order valence-corrected chi connectivity index (χ4v) is 4.19. The molecule has 2 amide bonds. The molecule has 1 aromatic heterocycles. The summed E-state index contributed by atoms with van der Waals surface area (Å²) in [7, 11) is 1.79. The Morgan fingerprint density at radius 3 is 2.69 bits per heavy atom. The zero-order chi connectivity index (χ0) is 19.2. The van der Waals surface area contributed by atoms with Crippen molar-refractivity contribution in [2.45, 2.75) is 59.2 Å². The van der Waals surface area contributed by atoms with Gasteiger partial charge in [-0.15, -0.1) is 0 Å². The molecular weight excluding hydrogens is 332 g/mol. The Morgan fingerprint density at radius 1 is 1.35 bits per heavy atom. The quantitative estimate of drug-likeness (QED) is 0.786. The molecule has 1 fully saturated rings. The molecule has 2 aliphatic heterocycles. The lowest BCUT2D eigenvalue weighted by molar-refractivity contribution is -0.158. The molecule has 7 heteroatoms. The van der Waals surface area contributed by atoms with Gasteiger partial charge in [0.1, 0.15) is 0 Å². The second-order valence-corrected chi connectivity index (χ2v) is 8.09. The van der Waals surface area contributed by atoms with Crippen molar-refractivity contribution in [3.8, 4) is 0 Å². The summed E-state index contributed by atoms with van der Waals surface area (Å²) in [6.07, 6.45) is 0.830. The second kappa shape index (κ2) is 6.61. The number of ether oxygens (including phenoxy) is 1. The van der Waals surface area contributed by atoms with E-state index in [-0.39, 0.29) is 29.4 Å². The van der Waals surface area contributed by atoms with E-state index >= 15 is 0 Å². The van der Waals surface area contributed by atoms with Gasteiger partial charge in [-0.05, 0) is 46.6 Å². The van der Waals surface area contributed by atoms with Gasteiger partial charge in [0.25, 0.3) is 5.91 Å². The molecule has 142 valence electrons. The number of aromatic nitrogens is 2. The molecule has 2 aliphatic rings. The topological polar surface area (TPSA) is 76.8 Å². The largest absolute Gasteiger partial charge is 0.369 e. The van der Waals surface area contributed by atoms with Gasteiger partial charge in [0.05, 0.1) is 23.3 Å². The summed E-state index contributed by atoms with van der Waals surface area (Å²) in [6, 6.07) is 0. The van der Waals surface area contributed by atoms with Crippen LogP contribution in [0.3, 0.4) is 0 Å². The lowest BCUT2D eigenvalue weighted by Gasteiger charge is -2.41. The number of nitrogens with zero attached hydrogens (tertiary/aromatic N) is 4. The van der Waals surface area contributed by atoms with Gasteiger partial charge in [-0.3, -0.25) is 14.3 Å². The first-order valence-corrected chi connectivity index (χ1v) is 9.17. The molecule has 3 rings (SSSR count). The summed E-state index contributed by atoms with van der Waals surface area (Å²) >= 11 is 0. The minimum absolute atomic E-state index is 0.0166. The van der Waals surface area contributed by atoms with Crippen molar-refractivity contribution in [2.24, 2.45) is 18.0 Å². The predicted molar refractivity (Wildman–Crippen MR) is 96.7 cm³/mol. The van der Waals surface area contributed by atoms with Crippen LogP contribution in [0.2, 0.25) is 0 Å². The van der Waals surface area contributed by atoms with E-state index in [9.17, 15) is 9.59 Å².